The van der Waals surface area contributed by atoms with Crippen molar-refractivity contribution in [2.75, 3.05) is 70.5 Å². The van der Waals surface area contributed by atoms with Crippen molar-refractivity contribution in [1.82, 2.24) is 25.3 Å². The van der Waals surface area contributed by atoms with Crippen LogP contribution in [0, 0.1) is 0 Å². The summed E-state index contributed by atoms with van der Waals surface area (Å²) in [6.45, 7) is 9.09. The molecule has 2 saturated heterocycles. The molecule has 0 bridgehead atoms. The summed E-state index contributed by atoms with van der Waals surface area (Å²) in [5.41, 5.74) is 0.318. The SMILES string of the molecule is CC(=O)N1CCN(c2ccc(C(=O)NCCN3CCOCC3)nn2)CC1. The van der Waals surface area contributed by atoms with E-state index in [9.17, 15) is 9.59 Å². The molecule has 9 nitrogen and oxygen atoms in total. The van der Waals surface area contributed by atoms with Gasteiger partial charge < -0.3 is 19.9 Å². The number of nitrogens with zero attached hydrogens (tertiary/aromatic N) is 5. The van der Waals surface area contributed by atoms with Crippen molar-refractivity contribution < 1.29 is 14.3 Å². The first-order chi connectivity index (χ1) is 12.6. The lowest BCUT2D eigenvalue weighted by Crippen LogP contribution is -2.48. The number of aromatic nitrogens is 2. The number of hydrogen-bond donors (Lipinski definition) is 1. The fraction of sp³-hybridized carbons (Fsp3) is 0.647. The third-order valence-corrected chi connectivity index (χ3v) is 4.75. The zero-order valence-corrected chi connectivity index (χ0v) is 15.2. The van der Waals surface area contributed by atoms with Crippen molar-refractivity contribution in [2.45, 2.75) is 6.92 Å². The molecule has 0 atom stereocenters. The molecule has 1 aromatic rings. The number of ether oxygens (including phenoxy) is 1. The van der Waals surface area contributed by atoms with E-state index in [0.717, 1.165) is 51.8 Å². The molecule has 3 heterocycles. The number of carbonyl (C=O) groups is 2. The first-order valence-electron chi connectivity index (χ1n) is 9.06. The molecule has 9 heteroatoms. The molecule has 1 N–H and O–H groups in total. The number of amides is 2. The van der Waals surface area contributed by atoms with Gasteiger partial charge in [-0.3, -0.25) is 14.5 Å². The molecular formula is C17H26N6O3. The third kappa shape index (κ3) is 4.89. The monoisotopic (exact) mass is 362 g/mol. The van der Waals surface area contributed by atoms with Crippen LogP contribution in [0.2, 0.25) is 0 Å². The summed E-state index contributed by atoms with van der Waals surface area (Å²) >= 11 is 0. The average Bonchev–Trinajstić information content (AvgIpc) is 2.69. The second-order valence-electron chi connectivity index (χ2n) is 6.48. The highest BCUT2D eigenvalue weighted by molar-refractivity contribution is 5.92. The van der Waals surface area contributed by atoms with Gasteiger partial charge in [0.2, 0.25) is 5.91 Å². The van der Waals surface area contributed by atoms with Gasteiger partial charge in [0, 0.05) is 59.3 Å². The fourth-order valence-electron chi connectivity index (χ4n) is 3.11. The molecule has 142 valence electrons. The van der Waals surface area contributed by atoms with Crippen molar-refractivity contribution in [2.24, 2.45) is 0 Å². The molecule has 0 aliphatic carbocycles. The van der Waals surface area contributed by atoms with Crippen LogP contribution in [0.3, 0.4) is 0 Å². The molecule has 0 saturated carbocycles. The Balaban J connectivity index is 1.44. The molecule has 2 fully saturated rings. The molecule has 2 aliphatic heterocycles. The Hall–Kier alpha value is -2.26. The van der Waals surface area contributed by atoms with E-state index in [1.54, 1.807) is 13.0 Å². The van der Waals surface area contributed by atoms with E-state index in [-0.39, 0.29) is 11.8 Å². The van der Waals surface area contributed by atoms with E-state index in [4.69, 9.17) is 4.74 Å². The van der Waals surface area contributed by atoms with Gasteiger partial charge in [0.05, 0.1) is 13.2 Å². The van der Waals surface area contributed by atoms with Gasteiger partial charge in [-0.15, -0.1) is 10.2 Å². The van der Waals surface area contributed by atoms with Gasteiger partial charge in [0.15, 0.2) is 11.5 Å². The maximum atomic E-state index is 12.2. The van der Waals surface area contributed by atoms with Gasteiger partial charge in [-0.1, -0.05) is 0 Å². The van der Waals surface area contributed by atoms with Crippen molar-refractivity contribution >= 4 is 17.6 Å². The summed E-state index contributed by atoms with van der Waals surface area (Å²) in [5.74, 6) is 0.622. The van der Waals surface area contributed by atoms with E-state index < -0.39 is 0 Å². The number of carbonyl (C=O) groups excluding carboxylic acids is 2. The Morgan fingerprint density at radius 2 is 1.81 bits per heavy atom. The van der Waals surface area contributed by atoms with Crippen molar-refractivity contribution in [3.63, 3.8) is 0 Å². The van der Waals surface area contributed by atoms with Crippen LogP contribution >= 0.6 is 0 Å². The minimum absolute atomic E-state index is 0.0971. The number of nitrogens with one attached hydrogen (secondary N) is 1. The lowest BCUT2D eigenvalue weighted by Gasteiger charge is -2.34. The fourth-order valence-corrected chi connectivity index (χ4v) is 3.11. The summed E-state index contributed by atoms with van der Waals surface area (Å²) in [4.78, 5) is 29.7. The Kier molecular flexibility index (Phi) is 6.35. The van der Waals surface area contributed by atoms with Crippen LogP contribution in [0.25, 0.3) is 0 Å². The Bertz CT molecular complexity index is 609. The Morgan fingerprint density at radius 3 is 2.42 bits per heavy atom. The molecule has 0 unspecified atom stereocenters. The van der Waals surface area contributed by atoms with Gasteiger partial charge in [-0.25, -0.2) is 0 Å². The van der Waals surface area contributed by atoms with Crippen molar-refractivity contribution in [3.8, 4) is 0 Å². The normalized spacial score (nSPS) is 18.7. The van der Waals surface area contributed by atoms with Crippen molar-refractivity contribution in [1.29, 1.82) is 0 Å². The lowest BCUT2D eigenvalue weighted by molar-refractivity contribution is -0.129. The maximum Gasteiger partial charge on any atom is 0.271 e. The van der Waals surface area contributed by atoms with Gasteiger partial charge in [-0.2, -0.15) is 0 Å². The Morgan fingerprint density at radius 1 is 1.08 bits per heavy atom. The molecule has 26 heavy (non-hydrogen) atoms. The van der Waals surface area contributed by atoms with Crippen LogP contribution in [0.1, 0.15) is 17.4 Å². The second-order valence-corrected chi connectivity index (χ2v) is 6.48. The third-order valence-electron chi connectivity index (χ3n) is 4.75. The quantitative estimate of drug-likeness (QED) is 0.734. The van der Waals surface area contributed by atoms with Crippen LogP contribution in [-0.2, 0) is 9.53 Å². The first-order valence-corrected chi connectivity index (χ1v) is 9.06. The van der Waals surface area contributed by atoms with Gasteiger partial charge in [0.1, 0.15) is 0 Å². The summed E-state index contributed by atoms with van der Waals surface area (Å²) in [7, 11) is 0. The molecule has 0 spiro atoms. The molecule has 1 aromatic heterocycles. The number of piperazine rings is 1. The minimum atomic E-state index is -0.210. The number of rotatable bonds is 5. The highest BCUT2D eigenvalue weighted by Gasteiger charge is 2.20. The number of anilines is 1. The average molecular weight is 362 g/mol. The summed E-state index contributed by atoms with van der Waals surface area (Å²) in [6, 6.07) is 3.51. The van der Waals surface area contributed by atoms with Crippen LogP contribution in [-0.4, -0.2) is 97.4 Å². The van der Waals surface area contributed by atoms with Crippen LogP contribution in [0.5, 0.6) is 0 Å². The smallest absolute Gasteiger partial charge is 0.271 e. The van der Waals surface area contributed by atoms with Crippen LogP contribution < -0.4 is 10.2 Å². The molecule has 2 aliphatic rings. The standard InChI is InChI=1S/C17H26N6O3/c1-14(24)22-6-8-23(9-7-22)16-3-2-15(19-20-16)17(25)18-4-5-21-10-12-26-13-11-21/h2-3H,4-13H2,1H3,(H,18,25). The van der Waals surface area contributed by atoms with E-state index in [0.29, 0.717) is 25.3 Å². The van der Waals surface area contributed by atoms with E-state index in [1.165, 1.54) is 0 Å². The van der Waals surface area contributed by atoms with Gasteiger partial charge >= 0.3 is 0 Å². The molecule has 0 radical (unpaired) electrons. The molecule has 0 aromatic carbocycles. The minimum Gasteiger partial charge on any atom is -0.379 e. The first kappa shape index (κ1) is 18.5. The molecule has 2 amide bonds. The van der Waals surface area contributed by atoms with Crippen LogP contribution in [0.4, 0.5) is 5.82 Å². The predicted octanol–water partition coefficient (Wildman–Crippen LogP) is -0.793. The molecule has 3 rings (SSSR count). The molecular weight excluding hydrogens is 336 g/mol. The van der Waals surface area contributed by atoms with E-state index in [2.05, 4.69) is 25.3 Å². The van der Waals surface area contributed by atoms with E-state index >= 15 is 0 Å². The summed E-state index contributed by atoms with van der Waals surface area (Å²) in [5, 5.41) is 11.1. The lowest BCUT2D eigenvalue weighted by atomic mass is 10.3. The summed E-state index contributed by atoms with van der Waals surface area (Å²) in [6.07, 6.45) is 0. The van der Waals surface area contributed by atoms with Crippen LogP contribution in [0.15, 0.2) is 12.1 Å². The largest absolute Gasteiger partial charge is 0.379 e. The van der Waals surface area contributed by atoms with Gasteiger partial charge in [-0.05, 0) is 12.1 Å². The summed E-state index contributed by atoms with van der Waals surface area (Å²) < 4.78 is 5.30. The predicted molar refractivity (Wildman–Crippen MR) is 96.1 cm³/mol. The Labute approximate surface area is 153 Å². The topological polar surface area (TPSA) is 90.9 Å². The number of morpholine rings is 1. The highest BCUT2D eigenvalue weighted by Crippen LogP contribution is 2.13. The number of hydrogen-bond acceptors (Lipinski definition) is 7. The van der Waals surface area contributed by atoms with Crippen molar-refractivity contribution in [3.05, 3.63) is 17.8 Å². The zero-order chi connectivity index (χ0) is 18.4. The van der Waals surface area contributed by atoms with E-state index in [1.807, 2.05) is 11.0 Å². The highest BCUT2D eigenvalue weighted by atomic mass is 16.5. The maximum absolute atomic E-state index is 12.2. The zero-order valence-electron chi connectivity index (χ0n) is 15.2. The van der Waals surface area contributed by atoms with Gasteiger partial charge in [0.25, 0.3) is 5.91 Å². The second kappa shape index (κ2) is 8.91.